The Hall–Kier alpha value is -2.27. The van der Waals surface area contributed by atoms with E-state index in [9.17, 15) is 9.59 Å². The van der Waals surface area contributed by atoms with Crippen LogP contribution >= 0.6 is 11.8 Å². The maximum Gasteiger partial charge on any atom is 0.307 e. The molecule has 0 aliphatic rings. The number of aliphatic carboxylic acids is 2. The van der Waals surface area contributed by atoms with E-state index in [1.165, 1.54) is 11.8 Å². The number of hydrogen-bond acceptors (Lipinski definition) is 3. The minimum Gasteiger partial charge on any atom is -0.481 e. The predicted octanol–water partition coefficient (Wildman–Crippen LogP) is 3.09. The molecule has 0 saturated heterocycles. The van der Waals surface area contributed by atoms with Crippen molar-refractivity contribution in [2.24, 2.45) is 0 Å². The minimum absolute atomic E-state index is 0.108. The summed E-state index contributed by atoms with van der Waals surface area (Å²) in [5.41, 5.74) is 1.24. The van der Waals surface area contributed by atoms with Gasteiger partial charge < -0.3 is 10.2 Å². The van der Waals surface area contributed by atoms with Gasteiger partial charge in [0, 0.05) is 9.79 Å². The monoisotopic (exact) mass is 302 g/mol. The first-order valence-electron chi connectivity index (χ1n) is 6.33. The lowest BCUT2D eigenvalue weighted by Crippen LogP contribution is -2.05. The van der Waals surface area contributed by atoms with Crippen molar-refractivity contribution in [1.82, 2.24) is 0 Å². The van der Waals surface area contributed by atoms with Gasteiger partial charge in [0.05, 0.1) is 12.8 Å². The fourth-order valence-corrected chi connectivity index (χ4v) is 2.88. The van der Waals surface area contributed by atoms with Gasteiger partial charge in [0.25, 0.3) is 0 Å². The molecular formula is C16H14O4S. The average molecular weight is 302 g/mol. The van der Waals surface area contributed by atoms with E-state index in [2.05, 4.69) is 0 Å². The third-order valence-corrected chi connectivity index (χ3v) is 3.92. The van der Waals surface area contributed by atoms with E-state index in [1.54, 1.807) is 18.2 Å². The van der Waals surface area contributed by atoms with Crippen LogP contribution in [-0.2, 0) is 22.4 Å². The molecule has 0 radical (unpaired) electrons. The summed E-state index contributed by atoms with van der Waals surface area (Å²) in [6.07, 6.45) is -0.231. The zero-order valence-corrected chi connectivity index (χ0v) is 12.0. The van der Waals surface area contributed by atoms with Gasteiger partial charge in [-0.25, -0.2) is 0 Å². The van der Waals surface area contributed by atoms with Crippen LogP contribution in [0.3, 0.4) is 0 Å². The van der Waals surface area contributed by atoms with E-state index in [0.29, 0.717) is 11.1 Å². The summed E-state index contributed by atoms with van der Waals surface area (Å²) in [5, 5.41) is 17.8. The van der Waals surface area contributed by atoms with Crippen LogP contribution in [0.1, 0.15) is 11.1 Å². The van der Waals surface area contributed by atoms with Crippen LogP contribution in [0.25, 0.3) is 0 Å². The number of carbonyl (C=O) groups is 2. The summed E-state index contributed by atoms with van der Waals surface area (Å²) in [6, 6.07) is 14.8. The Bertz CT molecular complexity index is 653. The molecule has 0 saturated carbocycles. The van der Waals surface area contributed by atoms with Crippen LogP contribution in [0.4, 0.5) is 0 Å². The van der Waals surface area contributed by atoms with Crippen molar-refractivity contribution in [3.63, 3.8) is 0 Å². The summed E-state index contributed by atoms with van der Waals surface area (Å²) >= 11 is 1.47. The molecule has 0 unspecified atom stereocenters. The van der Waals surface area contributed by atoms with Crippen molar-refractivity contribution < 1.29 is 19.8 Å². The van der Waals surface area contributed by atoms with E-state index in [-0.39, 0.29) is 12.8 Å². The largest absolute Gasteiger partial charge is 0.481 e. The Morgan fingerprint density at radius 2 is 1.57 bits per heavy atom. The summed E-state index contributed by atoms with van der Waals surface area (Å²) in [6.45, 7) is 0. The van der Waals surface area contributed by atoms with Crippen molar-refractivity contribution in [1.29, 1.82) is 0 Å². The van der Waals surface area contributed by atoms with Crippen molar-refractivity contribution in [2.75, 3.05) is 0 Å². The van der Waals surface area contributed by atoms with Crippen molar-refractivity contribution in [3.8, 4) is 0 Å². The van der Waals surface area contributed by atoms with E-state index in [4.69, 9.17) is 10.2 Å². The van der Waals surface area contributed by atoms with E-state index >= 15 is 0 Å². The second-order valence-corrected chi connectivity index (χ2v) is 5.61. The molecule has 0 atom stereocenters. The Morgan fingerprint density at radius 1 is 0.905 bits per heavy atom. The third-order valence-electron chi connectivity index (χ3n) is 2.79. The molecule has 0 spiro atoms. The highest BCUT2D eigenvalue weighted by Gasteiger charge is 2.11. The van der Waals surface area contributed by atoms with Crippen LogP contribution in [0.2, 0.25) is 0 Å². The molecule has 2 rings (SSSR count). The fourth-order valence-electron chi connectivity index (χ4n) is 1.93. The first-order chi connectivity index (χ1) is 10.0. The SMILES string of the molecule is O=C(O)Cc1ccc(Sc2ccccc2)c(CC(=O)O)c1. The lowest BCUT2D eigenvalue weighted by Gasteiger charge is -2.09. The maximum absolute atomic E-state index is 11.0. The van der Waals surface area contributed by atoms with Gasteiger partial charge in [0.1, 0.15) is 0 Å². The molecule has 2 N–H and O–H groups in total. The predicted molar refractivity (Wildman–Crippen MR) is 79.7 cm³/mol. The van der Waals surface area contributed by atoms with Crippen LogP contribution < -0.4 is 0 Å². The maximum atomic E-state index is 11.0. The zero-order valence-electron chi connectivity index (χ0n) is 11.2. The van der Waals surface area contributed by atoms with Gasteiger partial charge in [-0.15, -0.1) is 0 Å². The van der Waals surface area contributed by atoms with E-state index < -0.39 is 11.9 Å². The Morgan fingerprint density at radius 3 is 2.19 bits per heavy atom. The molecule has 0 bridgehead atoms. The smallest absolute Gasteiger partial charge is 0.307 e. The van der Waals surface area contributed by atoms with Crippen LogP contribution in [0.5, 0.6) is 0 Å². The molecule has 0 aliphatic carbocycles. The summed E-state index contributed by atoms with van der Waals surface area (Å²) in [7, 11) is 0. The van der Waals surface area contributed by atoms with Gasteiger partial charge in [-0.1, -0.05) is 42.1 Å². The Labute approximate surface area is 126 Å². The highest BCUT2D eigenvalue weighted by Crippen LogP contribution is 2.31. The average Bonchev–Trinajstić information content (AvgIpc) is 2.41. The van der Waals surface area contributed by atoms with Gasteiger partial charge >= 0.3 is 11.9 Å². The zero-order chi connectivity index (χ0) is 15.2. The number of rotatable bonds is 6. The number of benzene rings is 2. The fraction of sp³-hybridized carbons (Fsp3) is 0.125. The molecule has 0 fully saturated rings. The molecule has 108 valence electrons. The molecular weight excluding hydrogens is 288 g/mol. The Kier molecular flexibility index (Phi) is 5.00. The molecule has 5 heteroatoms. The van der Waals surface area contributed by atoms with Gasteiger partial charge in [-0.3, -0.25) is 9.59 Å². The van der Waals surface area contributed by atoms with Gasteiger partial charge in [0.15, 0.2) is 0 Å². The van der Waals surface area contributed by atoms with Crippen molar-refractivity contribution >= 4 is 23.7 Å². The molecule has 21 heavy (non-hydrogen) atoms. The summed E-state index contributed by atoms with van der Waals surface area (Å²) in [4.78, 5) is 23.6. The Balaban J connectivity index is 2.30. The minimum atomic E-state index is -0.933. The molecule has 0 amide bonds. The van der Waals surface area contributed by atoms with Crippen molar-refractivity contribution in [3.05, 3.63) is 59.7 Å². The topological polar surface area (TPSA) is 74.6 Å². The van der Waals surface area contributed by atoms with Crippen LogP contribution in [-0.4, -0.2) is 22.2 Å². The van der Waals surface area contributed by atoms with Crippen molar-refractivity contribution in [2.45, 2.75) is 22.6 Å². The second kappa shape index (κ2) is 6.95. The second-order valence-electron chi connectivity index (χ2n) is 4.50. The summed E-state index contributed by atoms with van der Waals surface area (Å²) < 4.78 is 0. The van der Waals surface area contributed by atoms with E-state index in [1.807, 2.05) is 30.3 Å². The molecule has 2 aromatic rings. The van der Waals surface area contributed by atoms with E-state index in [0.717, 1.165) is 9.79 Å². The number of hydrogen-bond donors (Lipinski definition) is 2. The molecule has 4 nitrogen and oxygen atoms in total. The first-order valence-corrected chi connectivity index (χ1v) is 7.14. The van der Waals surface area contributed by atoms with Crippen LogP contribution in [0, 0.1) is 0 Å². The quantitative estimate of drug-likeness (QED) is 0.857. The molecule has 0 heterocycles. The number of carboxylic acid groups (broad SMARTS) is 2. The molecule has 2 aromatic carbocycles. The van der Waals surface area contributed by atoms with Gasteiger partial charge in [-0.2, -0.15) is 0 Å². The third kappa shape index (κ3) is 4.65. The van der Waals surface area contributed by atoms with Crippen LogP contribution in [0.15, 0.2) is 58.3 Å². The lowest BCUT2D eigenvalue weighted by molar-refractivity contribution is -0.137. The summed E-state index contributed by atoms with van der Waals surface area (Å²) in [5.74, 6) is -1.86. The molecule has 0 aromatic heterocycles. The highest BCUT2D eigenvalue weighted by molar-refractivity contribution is 7.99. The molecule has 0 aliphatic heterocycles. The number of carboxylic acids is 2. The first kappa shape index (κ1) is 15.1. The lowest BCUT2D eigenvalue weighted by atomic mass is 10.1. The highest BCUT2D eigenvalue weighted by atomic mass is 32.2. The normalized spacial score (nSPS) is 10.3. The standard InChI is InChI=1S/C16H14O4S/c17-15(18)9-11-6-7-14(12(8-11)10-16(19)20)21-13-4-2-1-3-5-13/h1-8H,9-10H2,(H,17,18)(H,19,20). The van der Waals surface area contributed by atoms with Gasteiger partial charge in [-0.05, 0) is 29.3 Å². The van der Waals surface area contributed by atoms with Gasteiger partial charge in [0.2, 0.25) is 0 Å².